The summed E-state index contributed by atoms with van der Waals surface area (Å²) in [4.78, 5) is 15.5. The Bertz CT molecular complexity index is 795. The Hall–Kier alpha value is -2.35. The van der Waals surface area contributed by atoms with Gasteiger partial charge in [0.1, 0.15) is 0 Å². The van der Waals surface area contributed by atoms with Crippen LogP contribution in [0.1, 0.15) is 57.6 Å². The molecule has 0 spiro atoms. The van der Waals surface area contributed by atoms with Crippen molar-refractivity contribution in [3.63, 3.8) is 0 Å². The van der Waals surface area contributed by atoms with Gasteiger partial charge in [-0.15, -0.1) is 0 Å². The second kappa shape index (κ2) is 12.1. The Morgan fingerprint density at radius 3 is 2.42 bits per heavy atom. The third-order valence-electron chi connectivity index (χ3n) is 4.39. The van der Waals surface area contributed by atoms with Crippen LogP contribution in [0.3, 0.4) is 0 Å². The summed E-state index contributed by atoms with van der Waals surface area (Å²) in [7, 11) is 0. The predicted molar refractivity (Wildman–Crippen MR) is 114 cm³/mol. The van der Waals surface area contributed by atoms with Gasteiger partial charge in [0.15, 0.2) is 5.43 Å². The number of unbranched alkanes of at least 4 members (excludes halogenated alkanes) is 3. The van der Waals surface area contributed by atoms with Gasteiger partial charge in [0.25, 0.3) is 0 Å². The fourth-order valence-corrected chi connectivity index (χ4v) is 2.97. The van der Waals surface area contributed by atoms with Crippen LogP contribution in [0.15, 0.2) is 71.6 Å². The van der Waals surface area contributed by atoms with Crippen molar-refractivity contribution in [3.05, 3.63) is 82.7 Å². The van der Waals surface area contributed by atoms with Crippen molar-refractivity contribution in [2.24, 2.45) is 0 Å². The van der Waals surface area contributed by atoms with Gasteiger partial charge in [0.2, 0.25) is 0 Å². The third kappa shape index (κ3) is 7.26. The molecule has 0 atom stereocenters. The predicted octanol–water partition coefficient (Wildman–Crippen LogP) is 6.49. The smallest absolute Gasteiger partial charge is 0.189 e. The first kappa shape index (κ1) is 20.0. The highest BCUT2D eigenvalue weighted by Gasteiger charge is 2.01. The fraction of sp³-hybridized carbons (Fsp3) is 0.375. The molecule has 26 heavy (non-hydrogen) atoms. The Labute approximate surface area is 157 Å². The zero-order valence-electron chi connectivity index (χ0n) is 15.9. The number of hydrogen-bond donors (Lipinski definition) is 1. The van der Waals surface area contributed by atoms with E-state index in [4.69, 9.17) is 0 Å². The average Bonchev–Trinajstić information content (AvgIpc) is 2.65. The summed E-state index contributed by atoms with van der Waals surface area (Å²) in [6, 6.07) is 9.47. The normalized spacial score (nSPS) is 12.2. The van der Waals surface area contributed by atoms with Crippen LogP contribution in [0.4, 0.5) is 0 Å². The SMILES string of the molecule is CC/C=C/C/C=C/C/C=C/CCCCCc1cc(=O)c2ccccc2[nH]1. The monoisotopic (exact) mass is 349 g/mol. The van der Waals surface area contributed by atoms with Gasteiger partial charge >= 0.3 is 0 Å². The van der Waals surface area contributed by atoms with E-state index in [1.165, 1.54) is 12.8 Å². The standard InChI is InChI=1S/C24H31NO/c1-2-3-4-5-6-7-8-9-10-11-12-13-14-17-21-20-24(26)22-18-15-16-19-23(22)25-21/h3-4,6-7,9-10,15-16,18-20H,2,5,8,11-14,17H2,1H3,(H,25,26)/b4-3+,7-6+,10-9+. The van der Waals surface area contributed by atoms with Crippen LogP contribution in [-0.4, -0.2) is 4.98 Å². The Balaban J connectivity index is 1.60. The van der Waals surface area contributed by atoms with Gasteiger partial charge in [-0.1, -0.05) is 61.9 Å². The Morgan fingerprint density at radius 2 is 1.62 bits per heavy atom. The first-order valence-electron chi connectivity index (χ1n) is 9.87. The van der Waals surface area contributed by atoms with Crippen molar-refractivity contribution in [2.45, 2.75) is 58.3 Å². The number of aromatic amines is 1. The molecule has 0 aliphatic heterocycles. The van der Waals surface area contributed by atoms with Crippen molar-refractivity contribution in [1.29, 1.82) is 0 Å². The van der Waals surface area contributed by atoms with E-state index in [9.17, 15) is 4.79 Å². The molecule has 0 bridgehead atoms. The number of fused-ring (bicyclic) bond motifs is 1. The number of hydrogen-bond acceptors (Lipinski definition) is 1. The molecule has 2 nitrogen and oxygen atoms in total. The molecular weight excluding hydrogens is 318 g/mol. The Morgan fingerprint density at radius 1 is 0.885 bits per heavy atom. The number of benzene rings is 1. The van der Waals surface area contributed by atoms with E-state index in [0.29, 0.717) is 0 Å². The number of para-hydroxylation sites is 1. The van der Waals surface area contributed by atoms with Gasteiger partial charge < -0.3 is 4.98 Å². The van der Waals surface area contributed by atoms with Crippen molar-refractivity contribution in [3.8, 4) is 0 Å². The lowest BCUT2D eigenvalue weighted by Crippen LogP contribution is -2.05. The number of allylic oxidation sites excluding steroid dienone is 6. The minimum absolute atomic E-state index is 0.121. The number of nitrogens with one attached hydrogen (secondary N) is 1. The molecule has 0 aliphatic rings. The van der Waals surface area contributed by atoms with Crippen molar-refractivity contribution in [2.75, 3.05) is 0 Å². The molecule has 0 radical (unpaired) electrons. The summed E-state index contributed by atoms with van der Waals surface area (Å²) in [5.41, 5.74) is 2.11. The van der Waals surface area contributed by atoms with E-state index < -0.39 is 0 Å². The lowest BCUT2D eigenvalue weighted by molar-refractivity contribution is 0.680. The first-order valence-corrected chi connectivity index (χ1v) is 9.87. The van der Waals surface area contributed by atoms with Crippen molar-refractivity contribution < 1.29 is 0 Å². The molecule has 2 rings (SSSR count). The van der Waals surface area contributed by atoms with Crippen LogP contribution in [-0.2, 0) is 6.42 Å². The summed E-state index contributed by atoms with van der Waals surface area (Å²) in [6.45, 7) is 2.16. The maximum Gasteiger partial charge on any atom is 0.189 e. The van der Waals surface area contributed by atoms with Crippen LogP contribution in [0.25, 0.3) is 10.9 Å². The molecule has 138 valence electrons. The van der Waals surface area contributed by atoms with Gasteiger partial charge in [-0.05, 0) is 57.1 Å². The van der Waals surface area contributed by atoms with Gasteiger partial charge in [0.05, 0.1) is 0 Å². The number of pyridine rings is 1. The third-order valence-corrected chi connectivity index (χ3v) is 4.39. The topological polar surface area (TPSA) is 32.9 Å². The molecule has 1 N–H and O–H groups in total. The highest BCUT2D eigenvalue weighted by Crippen LogP contribution is 2.10. The first-order chi connectivity index (χ1) is 12.8. The molecule has 0 amide bonds. The van der Waals surface area contributed by atoms with Gasteiger partial charge in [-0.2, -0.15) is 0 Å². The fourth-order valence-electron chi connectivity index (χ4n) is 2.97. The summed E-state index contributed by atoms with van der Waals surface area (Å²) < 4.78 is 0. The molecule has 0 saturated heterocycles. The Kier molecular flexibility index (Phi) is 9.27. The molecule has 1 aromatic carbocycles. The maximum absolute atomic E-state index is 12.1. The van der Waals surface area contributed by atoms with E-state index in [2.05, 4.69) is 48.4 Å². The molecule has 0 unspecified atom stereocenters. The van der Waals surface area contributed by atoms with Crippen LogP contribution >= 0.6 is 0 Å². The van der Waals surface area contributed by atoms with Crippen LogP contribution in [0, 0.1) is 0 Å². The van der Waals surface area contributed by atoms with Crippen LogP contribution in [0.5, 0.6) is 0 Å². The quantitative estimate of drug-likeness (QED) is 0.365. The molecule has 0 saturated carbocycles. The van der Waals surface area contributed by atoms with Crippen LogP contribution < -0.4 is 5.43 Å². The molecule has 1 heterocycles. The van der Waals surface area contributed by atoms with E-state index in [0.717, 1.165) is 55.1 Å². The zero-order chi connectivity index (χ0) is 18.5. The minimum Gasteiger partial charge on any atom is -0.358 e. The van der Waals surface area contributed by atoms with Gasteiger partial charge in [-0.3, -0.25) is 4.79 Å². The summed E-state index contributed by atoms with van der Waals surface area (Å²) >= 11 is 0. The highest BCUT2D eigenvalue weighted by atomic mass is 16.1. The second-order valence-corrected chi connectivity index (χ2v) is 6.60. The number of aryl methyl sites for hydroxylation is 1. The number of aromatic nitrogens is 1. The zero-order valence-corrected chi connectivity index (χ0v) is 15.9. The largest absolute Gasteiger partial charge is 0.358 e. The molecular formula is C24H31NO. The van der Waals surface area contributed by atoms with Crippen molar-refractivity contribution in [1.82, 2.24) is 4.98 Å². The van der Waals surface area contributed by atoms with E-state index in [-0.39, 0.29) is 5.43 Å². The molecule has 0 aliphatic carbocycles. The summed E-state index contributed by atoms with van der Waals surface area (Å²) in [6.07, 6.45) is 22.2. The molecule has 2 aromatic rings. The molecule has 2 heteroatoms. The van der Waals surface area contributed by atoms with Gasteiger partial charge in [-0.25, -0.2) is 0 Å². The van der Waals surface area contributed by atoms with Crippen LogP contribution in [0.2, 0.25) is 0 Å². The maximum atomic E-state index is 12.1. The second-order valence-electron chi connectivity index (χ2n) is 6.60. The minimum atomic E-state index is 0.121. The summed E-state index contributed by atoms with van der Waals surface area (Å²) in [5, 5.41) is 0.775. The number of H-pyrrole nitrogens is 1. The highest BCUT2D eigenvalue weighted by molar-refractivity contribution is 5.78. The van der Waals surface area contributed by atoms with Gasteiger partial charge in [0, 0.05) is 22.7 Å². The van der Waals surface area contributed by atoms with E-state index >= 15 is 0 Å². The van der Waals surface area contributed by atoms with E-state index in [1.54, 1.807) is 6.07 Å². The number of rotatable bonds is 11. The molecule has 0 fully saturated rings. The molecule has 1 aromatic heterocycles. The van der Waals surface area contributed by atoms with E-state index in [1.807, 2.05) is 24.3 Å². The lowest BCUT2D eigenvalue weighted by atomic mass is 10.1. The lowest BCUT2D eigenvalue weighted by Gasteiger charge is -2.04. The summed E-state index contributed by atoms with van der Waals surface area (Å²) in [5.74, 6) is 0. The van der Waals surface area contributed by atoms with Crippen molar-refractivity contribution >= 4 is 10.9 Å². The average molecular weight is 350 g/mol.